The Morgan fingerprint density at radius 3 is 2.73 bits per heavy atom. The van der Waals surface area contributed by atoms with Gasteiger partial charge in [0.1, 0.15) is 0 Å². The van der Waals surface area contributed by atoms with Crippen LogP contribution in [-0.2, 0) is 17.1 Å². The molecule has 6 heteroatoms. The number of pyridine rings is 1. The van der Waals surface area contributed by atoms with E-state index < -0.39 is 11.6 Å². The molecule has 0 fully saturated rings. The molecule has 2 heterocycles. The van der Waals surface area contributed by atoms with Gasteiger partial charge in [0.25, 0.3) is 11.8 Å². The molecule has 2 aromatic rings. The van der Waals surface area contributed by atoms with Gasteiger partial charge in [0.2, 0.25) is 5.72 Å². The van der Waals surface area contributed by atoms with Crippen molar-refractivity contribution < 1.29 is 14.7 Å². The minimum atomic E-state index is -2.00. The van der Waals surface area contributed by atoms with Crippen molar-refractivity contribution in [3.05, 3.63) is 65.5 Å². The van der Waals surface area contributed by atoms with Crippen molar-refractivity contribution in [3.63, 3.8) is 0 Å². The molecule has 22 heavy (non-hydrogen) atoms. The zero-order valence-corrected chi connectivity index (χ0v) is 12.0. The van der Waals surface area contributed by atoms with E-state index in [9.17, 15) is 14.7 Å². The Morgan fingerprint density at radius 2 is 2.00 bits per heavy atom. The fourth-order valence-corrected chi connectivity index (χ4v) is 2.55. The van der Waals surface area contributed by atoms with Crippen LogP contribution >= 0.6 is 0 Å². The molecule has 6 nitrogen and oxygen atoms in total. The van der Waals surface area contributed by atoms with E-state index >= 15 is 0 Å². The van der Waals surface area contributed by atoms with E-state index in [1.54, 1.807) is 42.6 Å². The van der Waals surface area contributed by atoms with Crippen LogP contribution in [0.4, 0.5) is 0 Å². The van der Waals surface area contributed by atoms with Crippen LogP contribution in [0.2, 0.25) is 0 Å². The SMILES string of the molecule is CN1C(=O)c2ccccc2C1(O)C(=O)NCc1ccccn1. The number of amides is 2. The summed E-state index contributed by atoms with van der Waals surface area (Å²) < 4.78 is 0. The highest BCUT2D eigenvalue weighted by atomic mass is 16.3. The number of aliphatic hydroxyl groups is 1. The molecular weight excluding hydrogens is 282 g/mol. The number of hydrogen-bond donors (Lipinski definition) is 2. The third-order valence-electron chi connectivity index (χ3n) is 3.80. The molecule has 0 aliphatic carbocycles. The van der Waals surface area contributed by atoms with Gasteiger partial charge in [0.05, 0.1) is 12.2 Å². The Bertz CT molecular complexity index is 732. The van der Waals surface area contributed by atoms with Crippen molar-refractivity contribution >= 4 is 11.8 Å². The van der Waals surface area contributed by atoms with Gasteiger partial charge >= 0.3 is 0 Å². The summed E-state index contributed by atoms with van der Waals surface area (Å²) in [6, 6.07) is 11.9. The van der Waals surface area contributed by atoms with Gasteiger partial charge in [-0.1, -0.05) is 24.3 Å². The normalized spacial score (nSPS) is 19.9. The van der Waals surface area contributed by atoms with Gasteiger partial charge < -0.3 is 15.3 Å². The molecule has 0 saturated heterocycles. The van der Waals surface area contributed by atoms with E-state index in [4.69, 9.17) is 0 Å². The Morgan fingerprint density at radius 1 is 1.27 bits per heavy atom. The zero-order chi connectivity index (χ0) is 15.7. The van der Waals surface area contributed by atoms with Gasteiger partial charge in [-0.05, 0) is 18.2 Å². The average molecular weight is 297 g/mol. The Hall–Kier alpha value is -2.73. The van der Waals surface area contributed by atoms with Crippen molar-refractivity contribution in [1.82, 2.24) is 15.2 Å². The van der Waals surface area contributed by atoms with E-state index in [-0.39, 0.29) is 12.5 Å². The van der Waals surface area contributed by atoms with Gasteiger partial charge in [0, 0.05) is 24.4 Å². The zero-order valence-electron chi connectivity index (χ0n) is 12.0. The molecule has 0 radical (unpaired) electrons. The summed E-state index contributed by atoms with van der Waals surface area (Å²) in [5.74, 6) is -1.04. The highest BCUT2D eigenvalue weighted by Gasteiger charge is 2.52. The highest BCUT2D eigenvalue weighted by Crippen LogP contribution is 2.36. The number of benzene rings is 1. The van der Waals surface area contributed by atoms with Crippen LogP contribution in [0.3, 0.4) is 0 Å². The number of fused-ring (bicyclic) bond motifs is 1. The summed E-state index contributed by atoms with van der Waals surface area (Å²) in [6.07, 6.45) is 1.62. The van der Waals surface area contributed by atoms with Crippen LogP contribution in [0.15, 0.2) is 48.7 Å². The van der Waals surface area contributed by atoms with E-state index in [1.165, 1.54) is 7.05 Å². The molecule has 0 saturated carbocycles. The van der Waals surface area contributed by atoms with E-state index in [2.05, 4.69) is 10.3 Å². The maximum atomic E-state index is 12.5. The van der Waals surface area contributed by atoms with Gasteiger partial charge in [-0.25, -0.2) is 0 Å². The van der Waals surface area contributed by atoms with Crippen molar-refractivity contribution in [2.24, 2.45) is 0 Å². The van der Waals surface area contributed by atoms with Crippen molar-refractivity contribution in [1.29, 1.82) is 0 Å². The summed E-state index contributed by atoms with van der Waals surface area (Å²) in [5.41, 5.74) is -0.705. The first-order valence-corrected chi connectivity index (χ1v) is 6.83. The largest absolute Gasteiger partial charge is 0.359 e. The molecule has 1 aromatic heterocycles. The minimum absolute atomic E-state index is 0.173. The second-order valence-corrected chi connectivity index (χ2v) is 5.09. The maximum Gasteiger partial charge on any atom is 0.278 e. The van der Waals surface area contributed by atoms with Crippen LogP contribution in [0.1, 0.15) is 21.6 Å². The number of likely N-dealkylation sites (N-methyl/N-ethyl adjacent to an activating group) is 1. The smallest absolute Gasteiger partial charge is 0.278 e. The lowest BCUT2D eigenvalue weighted by molar-refractivity contribution is -0.156. The van der Waals surface area contributed by atoms with E-state index in [1.807, 2.05) is 6.07 Å². The lowest BCUT2D eigenvalue weighted by Crippen LogP contribution is -2.52. The maximum absolute atomic E-state index is 12.5. The molecular formula is C16H15N3O3. The number of carbonyl (C=O) groups excluding carboxylic acids is 2. The highest BCUT2D eigenvalue weighted by molar-refractivity contribution is 6.05. The van der Waals surface area contributed by atoms with Gasteiger partial charge in [0.15, 0.2) is 0 Å². The number of nitrogens with one attached hydrogen (secondary N) is 1. The Labute approximate surface area is 127 Å². The third-order valence-corrected chi connectivity index (χ3v) is 3.80. The molecule has 0 spiro atoms. The molecule has 2 amide bonds. The number of aromatic nitrogens is 1. The predicted molar refractivity (Wildman–Crippen MR) is 78.5 cm³/mol. The van der Waals surface area contributed by atoms with Crippen LogP contribution in [0, 0.1) is 0 Å². The molecule has 2 N–H and O–H groups in total. The predicted octanol–water partition coefficient (Wildman–Crippen LogP) is 0.629. The number of hydrogen-bond acceptors (Lipinski definition) is 4. The second-order valence-electron chi connectivity index (χ2n) is 5.09. The van der Waals surface area contributed by atoms with E-state index in [0.29, 0.717) is 16.8 Å². The summed E-state index contributed by atoms with van der Waals surface area (Å²) in [5, 5.41) is 13.4. The quantitative estimate of drug-likeness (QED) is 0.870. The van der Waals surface area contributed by atoms with Gasteiger partial charge in [-0.3, -0.25) is 14.6 Å². The topological polar surface area (TPSA) is 82.5 Å². The molecule has 0 bridgehead atoms. The lowest BCUT2D eigenvalue weighted by atomic mass is 10.0. The Balaban J connectivity index is 1.86. The number of nitrogens with zero attached hydrogens (tertiary/aromatic N) is 2. The summed E-state index contributed by atoms with van der Waals surface area (Å²) in [4.78, 5) is 29.8. The van der Waals surface area contributed by atoms with Crippen molar-refractivity contribution in [2.75, 3.05) is 7.05 Å². The summed E-state index contributed by atoms with van der Waals surface area (Å²) >= 11 is 0. The van der Waals surface area contributed by atoms with Gasteiger partial charge in [-0.15, -0.1) is 0 Å². The first-order valence-electron chi connectivity index (χ1n) is 6.83. The van der Waals surface area contributed by atoms with E-state index in [0.717, 1.165) is 4.90 Å². The first kappa shape index (κ1) is 14.2. The fourth-order valence-electron chi connectivity index (χ4n) is 2.55. The third kappa shape index (κ3) is 2.05. The monoisotopic (exact) mass is 297 g/mol. The van der Waals surface area contributed by atoms with Crippen molar-refractivity contribution in [2.45, 2.75) is 12.3 Å². The lowest BCUT2D eigenvalue weighted by Gasteiger charge is -2.29. The molecule has 1 unspecified atom stereocenters. The molecule has 112 valence electrons. The molecule has 1 aliphatic heterocycles. The van der Waals surface area contributed by atoms with Crippen LogP contribution < -0.4 is 5.32 Å². The molecule has 1 aromatic carbocycles. The average Bonchev–Trinajstić information content (AvgIpc) is 2.77. The second kappa shape index (κ2) is 5.23. The summed E-state index contributed by atoms with van der Waals surface area (Å²) in [6.45, 7) is 0.173. The summed E-state index contributed by atoms with van der Waals surface area (Å²) in [7, 11) is 1.41. The van der Waals surface area contributed by atoms with Crippen LogP contribution in [-0.4, -0.2) is 33.9 Å². The van der Waals surface area contributed by atoms with Crippen molar-refractivity contribution in [3.8, 4) is 0 Å². The fraction of sp³-hybridized carbons (Fsp3) is 0.188. The number of rotatable bonds is 3. The minimum Gasteiger partial charge on any atom is -0.359 e. The molecule has 1 aliphatic rings. The molecule has 1 atom stereocenters. The van der Waals surface area contributed by atoms with Crippen LogP contribution in [0.25, 0.3) is 0 Å². The molecule has 3 rings (SSSR count). The Kier molecular flexibility index (Phi) is 3.38. The van der Waals surface area contributed by atoms with Crippen LogP contribution in [0.5, 0.6) is 0 Å². The standard InChI is InChI=1S/C16H15N3O3/c1-19-14(20)12-7-2-3-8-13(12)16(19,22)15(21)18-10-11-6-4-5-9-17-11/h2-9,22H,10H2,1H3,(H,18,21). The first-order chi connectivity index (χ1) is 10.5. The number of carbonyl (C=O) groups is 2. The van der Waals surface area contributed by atoms with Gasteiger partial charge in [-0.2, -0.15) is 0 Å².